The monoisotopic (exact) mass is 435 g/mol. The number of rotatable bonds is 7. The number of aliphatic imine (C=N–C) groups is 1. The van der Waals surface area contributed by atoms with Crippen molar-refractivity contribution in [2.24, 2.45) is 4.99 Å². The molecule has 2 N–H and O–H groups in total. The van der Waals surface area contributed by atoms with E-state index in [0.717, 1.165) is 51.8 Å². The number of nitrogens with one attached hydrogen (secondary N) is 2. The highest BCUT2D eigenvalue weighted by Crippen LogP contribution is 2.25. The molecular formula is C21H33N5OS2. The maximum Gasteiger partial charge on any atom is 0.191 e. The molecule has 0 radical (unpaired) electrons. The van der Waals surface area contributed by atoms with Gasteiger partial charge in [-0.3, -0.25) is 9.89 Å². The summed E-state index contributed by atoms with van der Waals surface area (Å²) in [6.07, 6.45) is 0.902. The fourth-order valence-electron chi connectivity index (χ4n) is 3.25. The summed E-state index contributed by atoms with van der Waals surface area (Å²) in [6.45, 7) is 11.8. The summed E-state index contributed by atoms with van der Waals surface area (Å²) < 4.78 is 5.53. The number of aromatic nitrogens is 1. The lowest BCUT2D eigenvalue weighted by atomic mass is 9.93. The number of nitrogens with zero attached hydrogens (tertiary/aromatic N) is 3. The molecule has 0 bridgehead atoms. The summed E-state index contributed by atoms with van der Waals surface area (Å²) in [4.78, 5) is 13.1. The van der Waals surface area contributed by atoms with Crippen LogP contribution in [0.1, 0.15) is 42.4 Å². The van der Waals surface area contributed by atoms with Crippen molar-refractivity contribution < 1.29 is 4.74 Å². The van der Waals surface area contributed by atoms with Crippen LogP contribution < -0.4 is 10.6 Å². The normalized spacial score (nSPS) is 17.3. The third-order valence-electron chi connectivity index (χ3n) is 5.00. The Balaban J connectivity index is 1.50. The van der Waals surface area contributed by atoms with Gasteiger partial charge in [0.15, 0.2) is 5.96 Å². The van der Waals surface area contributed by atoms with Crippen molar-refractivity contribution in [3.63, 3.8) is 0 Å². The van der Waals surface area contributed by atoms with Gasteiger partial charge < -0.3 is 15.4 Å². The molecule has 8 heteroatoms. The van der Waals surface area contributed by atoms with Crippen molar-refractivity contribution in [2.75, 3.05) is 46.4 Å². The second-order valence-corrected chi connectivity index (χ2v) is 10.1. The van der Waals surface area contributed by atoms with Gasteiger partial charge >= 0.3 is 0 Å². The standard InChI is InChI=1S/C21H33N5OS2/c1-21(2,3)18-15-29-19(25-18)7-8-23-20(22-4)24-14-16(17-6-5-13-28-17)26-9-11-27-12-10-26/h5-6,13,15-16H,7-12,14H2,1-4H3,(H2,22,23,24). The van der Waals surface area contributed by atoms with Crippen molar-refractivity contribution in [3.8, 4) is 0 Å². The van der Waals surface area contributed by atoms with Crippen molar-refractivity contribution in [2.45, 2.75) is 38.6 Å². The average Bonchev–Trinajstić information content (AvgIpc) is 3.39. The van der Waals surface area contributed by atoms with Gasteiger partial charge in [0.25, 0.3) is 0 Å². The first kappa shape index (κ1) is 22.2. The van der Waals surface area contributed by atoms with Crippen molar-refractivity contribution in [1.29, 1.82) is 0 Å². The van der Waals surface area contributed by atoms with E-state index in [1.165, 1.54) is 15.6 Å². The number of hydrogen-bond acceptors (Lipinski definition) is 6. The van der Waals surface area contributed by atoms with E-state index in [2.05, 4.69) is 64.2 Å². The van der Waals surface area contributed by atoms with Crippen LogP contribution in [0.2, 0.25) is 0 Å². The summed E-state index contributed by atoms with van der Waals surface area (Å²) in [5, 5.41) is 12.4. The Labute approximate surface area is 182 Å². The Morgan fingerprint density at radius 2 is 2.07 bits per heavy atom. The Morgan fingerprint density at radius 3 is 2.69 bits per heavy atom. The van der Waals surface area contributed by atoms with E-state index in [9.17, 15) is 0 Å². The summed E-state index contributed by atoms with van der Waals surface area (Å²) in [6, 6.07) is 4.68. The van der Waals surface area contributed by atoms with Crippen LogP contribution in [0.5, 0.6) is 0 Å². The Kier molecular flexibility index (Phi) is 8.06. The molecule has 1 saturated heterocycles. The average molecular weight is 436 g/mol. The van der Waals surface area contributed by atoms with Crippen molar-refractivity contribution >= 4 is 28.6 Å². The van der Waals surface area contributed by atoms with Gasteiger partial charge in [-0.25, -0.2) is 4.98 Å². The summed E-state index contributed by atoms with van der Waals surface area (Å²) in [5.41, 5.74) is 1.28. The molecule has 160 valence electrons. The lowest BCUT2D eigenvalue weighted by molar-refractivity contribution is 0.0177. The van der Waals surface area contributed by atoms with E-state index >= 15 is 0 Å². The minimum Gasteiger partial charge on any atom is -0.379 e. The molecule has 1 unspecified atom stereocenters. The molecule has 2 aromatic rings. The molecule has 3 heterocycles. The van der Waals surface area contributed by atoms with E-state index in [-0.39, 0.29) is 5.41 Å². The van der Waals surface area contributed by atoms with Crippen LogP contribution in [0, 0.1) is 0 Å². The molecule has 1 aliphatic rings. The van der Waals surface area contributed by atoms with Crippen LogP contribution in [-0.4, -0.2) is 62.3 Å². The van der Waals surface area contributed by atoms with Crippen LogP contribution in [0.4, 0.5) is 0 Å². The zero-order chi connectivity index (χ0) is 20.7. The second kappa shape index (κ2) is 10.5. The van der Waals surface area contributed by atoms with Gasteiger partial charge in [-0.15, -0.1) is 22.7 Å². The third kappa shape index (κ3) is 6.50. The quantitative estimate of drug-likeness (QED) is 0.516. The van der Waals surface area contributed by atoms with E-state index in [4.69, 9.17) is 9.72 Å². The largest absolute Gasteiger partial charge is 0.379 e. The molecular weight excluding hydrogens is 402 g/mol. The van der Waals surface area contributed by atoms with Crippen molar-refractivity contribution in [1.82, 2.24) is 20.5 Å². The molecule has 1 atom stereocenters. The molecule has 0 aliphatic carbocycles. The maximum atomic E-state index is 5.53. The highest BCUT2D eigenvalue weighted by atomic mass is 32.1. The summed E-state index contributed by atoms with van der Waals surface area (Å²) in [7, 11) is 1.82. The number of hydrogen-bond donors (Lipinski definition) is 2. The SMILES string of the molecule is CN=C(NCCc1nc(C(C)(C)C)cs1)NCC(c1cccs1)N1CCOCC1. The number of morpholine rings is 1. The number of thiophene rings is 1. The molecule has 2 aromatic heterocycles. The lowest BCUT2D eigenvalue weighted by Crippen LogP contribution is -2.46. The number of thiazole rings is 1. The Bertz CT molecular complexity index is 760. The van der Waals surface area contributed by atoms with Gasteiger partial charge in [-0.2, -0.15) is 0 Å². The maximum absolute atomic E-state index is 5.53. The van der Waals surface area contributed by atoms with Gasteiger partial charge in [-0.1, -0.05) is 26.8 Å². The zero-order valence-corrected chi connectivity index (χ0v) is 19.5. The molecule has 3 rings (SSSR count). The van der Waals surface area contributed by atoms with E-state index < -0.39 is 0 Å². The molecule has 29 heavy (non-hydrogen) atoms. The molecule has 1 fully saturated rings. The molecule has 0 aromatic carbocycles. The highest BCUT2D eigenvalue weighted by molar-refractivity contribution is 7.10. The zero-order valence-electron chi connectivity index (χ0n) is 17.9. The number of guanidine groups is 1. The molecule has 0 amide bonds. The highest BCUT2D eigenvalue weighted by Gasteiger charge is 2.23. The second-order valence-electron chi connectivity index (χ2n) is 8.19. The third-order valence-corrected chi connectivity index (χ3v) is 6.88. The van der Waals surface area contributed by atoms with E-state index in [1.807, 2.05) is 18.4 Å². The van der Waals surface area contributed by atoms with Crippen LogP contribution in [0.3, 0.4) is 0 Å². The minimum atomic E-state index is 0.107. The van der Waals surface area contributed by atoms with E-state index in [0.29, 0.717) is 6.04 Å². The fraction of sp³-hybridized carbons (Fsp3) is 0.619. The Morgan fingerprint density at radius 1 is 1.28 bits per heavy atom. The molecule has 0 spiro atoms. The van der Waals surface area contributed by atoms with Crippen molar-refractivity contribution in [3.05, 3.63) is 38.5 Å². The molecule has 6 nitrogen and oxygen atoms in total. The Hall–Kier alpha value is -1.48. The first-order valence-electron chi connectivity index (χ1n) is 10.2. The predicted octanol–water partition coefficient (Wildman–Crippen LogP) is 3.28. The number of ether oxygens (including phenoxy) is 1. The van der Waals surface area contributed by atoms with E-state index in [1.54, 1.807) is 11.3 Å². The minimum absolute atomic E-state index is 0.107. The fourth-order valence-corrected chi connectivity index (χ4v) is 5.14. The first-order valence-corrected chi connectivity index (χ1v) is 12.0. The van der Waals surface area contributed by atoms with Crippen LogP contribution >= 0.6 is 22.7 Å². The van der Waals surface area contributed by atoms with Crippen LogP contribution in [0.15, 0.2) is 27.9 Å². The molecule has 1 aliphatic heterocycles. The predicted molar refractivity (Wildman–Crippen MR) is 123 cm³/mol. The van der Waals surface area contributed by atoms with Gasteiger partial charge in [0.2, 0.25) is 0 Å². The van der Waals surface area contributed by atoms with Crippen LogP contribution in [-0.2, 0) is 16.6 Å². The first-order chi connectivity index (χ1) is 14.0. The smallest absolute Gasteiger partial charge is 0.191 e. The van der Waals surface area contributed by atoms with Gasteiger partial charge in [-0.05, 0) is 11.4 Å². The summed E-state index contributed by atoms with van der Waals surface area (Å²) >= 11 is 3.56. The topological polar surface area (TPSA) is 61.8 Å². The van der Waals surface area contributed by atoms with Gasteiger partial charge in [0, 0.05) is 55.3 Å². The molecule has 0 saturated carbocycles. The van der Waals surface area contributed by atoms with Crippen LogP contribution in [0.25, 0.3) is 0 Å². The van der Waals surface area contributed by atoms with Gasteiger partial charge in [0.05, 0.1) is 30.0 Å². The summed E-state index contributed by atoms with van der Waals surface area (Å²) in [5.74, 6) is 0.840. The lowest BCUT2D eigenvalue weighted by Gasteiger charge is -2.34. The van der Waals surface area contributed by atoms with Gasteiger partial charge in [0.1, 0.15) is 0 Å².